The van der Waals surface area contributed by atoms with Crippen LogP contribution in [0.5, 0.6) is 0 Å². The molecule has 1 fully saturated rings. The van der Waals surface area contributed by atoms with Crippen molar-refractivity contribution in [2.75, 3.05) is 19.7 Å². The van der Waals surface area contributed by atoms with E-state index in [-0.39, 0.29) is 12.6 Å². The van der Waals surface area contributed by atoms with Gasteiger partial charge in [-0.3, -0.25) is 4.79 Å². The van der Waals surface area contributed by atoms with Crippen molar-refractivity contribution in [3.63, 3.8) is 0 Å². The lowest BCUT2D eigenvalue weighted by Crippen LogP contribution is -2.42. The number of halogens is 2. The summed E-state index contributed by atoms with van der Waals surface area (Å²) in [5, 5.41) is 0. The highest BCUT2D eigenvalue weighted by atomic mass is 19.1. The molecule has 0 saturated carbocycles. The second-order valence-electron chi connectivity index (χ2n) is 5.12. The molecule has 2 aromatic rings. The average molecular weight is 303 g/mol. The largest absolute Gasteiger partial charge is 0.370 e. The van der Waals surface area contributed by atoms with Gasteiger partial charge in [-0.25, -0.2) is 8.78 Å². The molecule has 1 aliphatic rings. The molecule has 0 N–H and O–H groups in total. The molecule has 3 rings (SSSR count). The van der Waals surface area contributed by atoms with E-state index in [1.807, 2.05) is 30.3 Å². The quantitative estimate of drug-likeness (QED) is 0.853. The Morgan fingerprint density at radius 1 is 1.05 bits per heavy atom. The second-order valence-corrected chi connectivity index (χ2v) is 5.12. The number of morpholine rings is 1. The van der Waals surface area contributed by atoms with Crippen molar-refractivity contribution in [1.29, 1.82) is 0 Å². The van der Waals surface area contributed by atoms with E-state index in [0.717, 1.165) is 17.7 Å². The van der Waals surface area contributed by atoms with Crippen LogP contribution in [0, 0.1) is 11.6 Å². The SMILES string of the molecule is O=C(c1c(F)cccc1F)N1CCO[C@@H](c2ccccc2)C1. The van der Waals surface area contributed by atoms with Crippen molar-refractivity contribution in [1.82, 2.24) is 4.90 Å². The van der Waals surface area contributed by atoms with Crippen molar-refractivity contribution in [3.05, 3.63) is 71.3 Å². The predicted octanol–water partition coefficient (Wildman–Crippen LogP) is 3.18. The fraction of sp³-hybridized carbons (Fsp3) is 0.235. The summed E-state index contributed by atoms with van der Waals surface area (Å²) in [6, 6.07) is 12.9. The molecule has 3 nitrogen and oxygen atoms in total. The van der Waals surface area contributed by atoms with Crippen molar-refractivity contribution in [2.45, 2.75) is 6.10 Å². The third kappa shape index (κ3) is 2.85. The fourth-order valence-corrected chi connectivity index (χ4v) is 2.56. The maximum absolute atomic E-state index is 13.8. The number of hydrogen-bond donors (Lipinski definition) is 0. The summed E-state index contributed by atoms with van der Waals surface area (Å²) in [5.74, 6) is -2.32. The molecule has 0 aliphatic carbocycles. The van der Waals surface area contributed by atoms with Crippen molar-refractivity contribution in [2.24, 2.45) is 0 Å². The van der Waals surface area contributed by atoms with Crippen LogP contribution in [0.1, 0.15) is 22.0 Å². The number of nitrogens with zero attached hydrogens (tertiary/aromatic N) is 1. The molecule has 1 atom stereocenters. The van der Waals surface area contributed by atoms with Crippen LogP contribution in [-0.4, -0.2) is 30.5 Å². The molecule has 2 aromatic carbocycles. The summed E-state index contributed by atoms with van der Waals surface area (Å²) < 4.78 is 33.2. The molecule has 1 aliphatic heterocycles. The first-order valence-electron chi connectivity index (χ1n) is 7.06. The molecule has 114 valence electrons. The number of rotatable bonds is 2. The number of ether oxygens (including phenoxy) is 1. The van der Waals surface area contributed by atoms with Gasteiger partial charge in [0, 0.05) is 6.54 Å². The molecular formula is C17H15F2NO2. The summed E-state index contributed by atoms with van der Waals surface area (Å²) in [6.45, 7) is 0.925. The first-order chi connectivity index (χ1) is 10.7. The summed E-state index contributed by atoms with van der Waals surface area (Å²) in [5.41, 5.74) is 0.435. The number of hydrogen-bond acceptors (Lipinski definition) is 2. The number of benzene rings is 2. The van der Waals surface area contributed by atoms with Crippen molar-refractivity contribution < 1.29 is 18.3 Å². The van der Waals surface area contributed by atoms with Crippen LogP contribution in [-0.2, 0) is 4.74 Å². The Morgan fingerprint density at radius 2 is 1.73 bits per heavy atom. The highest BCUT2D eigenvalue weighted by Crippen LogP contribution is 2.24. The third-order valence-electron chi connectivity index (χ3n) is 3.70. The second kappa shape index (κ2) is 6.23. The lowest BCUT2D eigenvalue weighted by molar-refractivity contribution is -0.0231. The van der Waals surface area contributed by atoms with Gasteiger partial charge in [0.25, 0.3) is 5.91 Å². The molecule has 0 spiro atoms. The van der Waals surface area contributed by atoms with Gasteiger partial charge >= 0.3 is 0 Å². The van der Waals surface area contributed by atoms with E-state index >= 15 is 0 Å². The lowest BCUT2D eigenvalue weighted by Gasteiger charge is -2.33. The Labute approximate surface area is 127 Å². The van der Waals surface area contributed by atoms with E-state index in [1.54, 1.807) is 0 Å². The first-order valence-corrected chi connectivity index (χ1v) is 7.06. The van der Waals surface area contributed by atoms with Gasteiger partial charge in [0.1, 0.15) is 23.3 Å². The molecule has 1 amide bonds. The van der Waals surface area contributed by atoms with Gasteiger partial charge in [-0.15, -0.1) is 0 Å². The number of carbonyl (C=O) groups is 1. The van der Waals surface area contributed by atoms with Gasteiger partial charge in [-0.1, -0.05) is 36.4 Å². The van der Waals surface area contributed by atoms with Crippen LogP contribution in [0.4, 0.5) is 8.78 Å². The van der Waals surface area contributed by atoms with Gasteiger partial charge in [0.15, 0.2) is 0 Å². The summed E-state index contributed by atoms with van der Waals surface area (Å²) in [6.07, 6.45) is -0.284. The van der Waals surface area contributed by atoms with Gasteiger partial charge < -0.3 is 9.64 Å². The minimum atomic E-state index is -0.840. The molecular weight excluding hydrogens is 288 g/mol. The Hall–Kier alpha value is -2.27. The van der Waals surface area contributed by atoms with Crippen LogP contribution < -0.4 is 0 Å². The Balaban J connectivity index is 1.82. The summed E-state index contributed by atoms with van der Waals surface area (Å²) in [4.78, 5) is 13.8. The zero-order valence-electron chi connectivity index (χ0n) is 11.8. The zero-order chi connectivity index (χ0) is 15.5. The van der Waals surface area contributed by atoms with Crippen LogP contribution in [0.25, 0.3) is 0 Å². The topological polar surface area (TPSA) is 29.5 Å². The number of carbonyl (C=O) groups excluding carboxylic acids is 1. The normalized spacial score (nSPS) is 18.3. The lowest BCUT2D eigenvalue weighted by atomic mass is 10.1. The highest BCUT2D eigenvalue weighted by molar-refractivity contribution is 5.94. The smallest absolute Gasteiger partial charge is 0.260 e. The van der Waals surface area contributed by atoms with E-state index in [4.69, 9.17) is 4.74 Å². The molecule has 5 heteroatoms. The Bertz CT molecular complexity index is 655. The van der Waals surface area contributed by atoms with Gasteiger partial charge in [0.2, 0.25) is 0 Å². The molecule has 1 heterocycles. The maximum Gasteiger partial charge on any atom is 0.260 e. The van der Waals surface area contributed by atoms with Crippen molar-refractivity contribution in [3.8, 4) is 0 Å². The van der Waals surface area contributed by atoms with Gasteiger partial charge in [-0.2, -0.15) is 0 Å². The Morgan fingerprint density at radius 3 is 2.41 bits per heavy atom. The molecule has 0 radical (unpaired) electrons. The highest BCUT2D eigenvalue weighted by Gasteiger charge is 2.29. The van der Waals surface area contributed by atoms with Crippen LogP contribution in [0.3, 0.4) is 0 Å². The Kier molecular flexibility index (Phi) is 4.15. The van der Waals surface area contributed by atoms with Crippen LogP contribution in [0.2, 0.25) is 0 Å². The molecule has 0 unspecified atom stereocenters. The summed E-state index contributed by atoms with van der Waals surface area (Å²) in [7, 11) is 0. The molecule has 0 aromatic heterocycles. The molecule has 1 saturated heterocycles. The minimum Gasteiger partial charge on any atom is -0.370 e. The van der Waals surface area contributed by atoms with Crippen LogP contribution in [0.15, 0.2) is 48.5 Å². The standard InChI is InChI=1S/C17H15F2NO2/c18-13-7-4-8-14(19)16(13)17(21)20-9-10-22-15(11-20)12-5-2-1-3-6-12/h1-8,15H,9-11H2/t15-/m1/s1. The summed E-state index contributed by atoms with van der Waals surface area (Å²) >= 11 is 0. The van der Waals surface area contributed by atoms with E-state index < -0.39 is 23.1 Å². The van der Waals surface area contributed by atoms with Crippen LogP contribution >= 0.6 is 0 Å². The first kappa shape index (κ1) is 14.7. The number of amides is 1. The van der Waals surface area contributed by atoms with Crippen molar-refractivity contribution >= 4 is 5.91 Å². The fourth-order valence-electron chi connectivity index (χ4n) is 2.56. The van der Waals surface area contributed by atoms with Gasteiger partial charge in [-0.05, 0) is 17.7 Å². The maximum atomic E-state index is 13.8. The average Bonchev–Trinajstić information content (AvgIpc) is 2.55. The molecule has 0 bridgehead atoms. The van der Waals surface area contributed by atoms with E-state index in [1.165, 1.54) is 11.0 Å². The van der Waals surface area contributed by atoms with Gasteiger partial charge in [0.05, 0.1) is 13.2 Å². The zero-order valence-corrected chi connectivity index (χ0v) is 11.8. The minimum absolute atomic E-state index is 0.274. The van der Waals surface area contributed by atoms with E-state index in [2.05, 4.69) is 0 Å². The monoisotopic (exact) mass is 303 g/mol. The predicted molar refractivity (Wildman–Crippen MR) is 77.4 cm³/mol. The third-order valence-corrected chi connectivity index (χ3v) is 3.70. The van der Waals surface area contributed by atoms with E-state index in [0.29, 0.717) is 13.2 Å². The molecule has 22 heavy (non-hydrogen) atoms. The van der Waals surface area contributed by atoms with E-state index in [9.17, 15) is 13.6 Å².